The van der Waals surface area contributed by atoms with Gasteiger partial charge >= 0.3 is 5.97 Å². The van der Waals surface area contributed by atoms with E-state index in [4.69, 9.17) is 16.7 Å². The zero-order chi connectivity index (χ0) is 14.0. The zero-order valence-electron chi connectivity index (χ0n) is 11.3. The fourth-order valence-electron chi connectivity index (χ4n) is 2.38. The third-order valence-corrected chi connectivity index (χ3v) is 3.76. The van der Waals surface area contributed by atoms with Gasteiger partial charge in [-0.15, -0.1) is 0 Å². The SMILES string of the molecule is CC(C)N1CCN(c2cc(Cl)cc(C(=O)O)c2)CC1. The van der Waals surface area contributed by atoms with Gasteiger partial charge < -0.3 is 10.0 Å². The molecule has 0 aliphatic carbocycles. The van der Waals surface area contributed by atoms with E-state index in [1.54, 1.807) is 6.07 Å². The normalized spacial score (nSPS) is 16.9. The maximum absolute atomic E-state index is 11.0. The molecule has 0 saturated carbocycles. The van der Waals surface area contributed by atoms with Crippen LogP contribution < -0.4 is 4.90 Å². The molecule has 0 bridgehead atoms. The van der Waals surface area contributed by atoms with E-state index in [1.807, 2.05) is 6.07 Å². The fourth-order valence-corrected chi connectivity index (χ4v) is 2.61. The summed E-state index contributed by atoms with van der Waals surface area (Å²) in [5, 5.41) is 9.53. The molecule has 1 aromatic carbocycles. The second kappa shape index (κ2) is 5.80. The fraction of sp³-hybridized carbons (Fsp3) is 0.500. The Morgan fingerprint density at radius 2 is 1.84 bits per heavy atom. The smallest absolute Gasteiger partial charge is 0.335 e. The molecule has 4 nitrogen and oxygen atoms in total. The third-order valence-electron chi connectivity index (χ3n) is 3.54. The predicted molar refractivity (Wildman–Crippen MR) is 77.3 cm³/mol. The van der Waals surface area contributed by atoms with Gasteiger partial charge in [0.05, 0.1) is 5.56 Å². The van der Waals surface area contributed by atoms with Crippen molar-refractivity contribution in [2.24, 2.45) is 0 Å². The van der Waals surface area contributed by atoms with Crippen LogP contribution in [0.25, 0.3) is 0 Å². The number of hydrogen-bond donors (Lipinski definition) is 1. The van der Waals surface area contributed by atoms with Gasteiger partial charge in [-0.2, -0.15) is 0 Å². The lowest BCUT2D eigenvalue weighted by Crippen LogP contribution is -2.48. The van der Waals surface area contributed by atoms with Crippen molar-refractivity contribution in [3.05, 3.63) is 28.8 Å². The van der Waals surface area contributed by atoms with E-state index in [2.05, 4.69) is 23.6 Å². The first-order chi connectivity index (χ1) is 8.97. The van der Waals surface area contributed by atoms with Crippen LogP contribution >= 0.6 is 11.6 Å². The summed E-state index contributed by atoms with van der Waals surface area (Å²) in [7, 11) is 0. The number of nitrogens with zero attached hydrogens (tertiary/aromatic N) is 2. The first-order valence-corrected chi connectivity index (χ1v) is 6.88. The lowest BCUT2D eigenvalue weighted by atomic mass is 10.1. The molecule has 1 aliphatic rings. The molecule has 1 aromatic rings. The number of benzene rings is 1. The monoisotopic (exact) mass is 282 g/mol. The second-order valence-corrected chi connectivity index (χ2v) is 5.56. The summed E-state index contributed by atoms with van der Waals surface area (Å²) in [6.45, 7) is 8.17. The van der Waals surface area contributed by atoms with Crippen LogP contribution in [0.5, 0.6) is 0 Å². The van der Waals surface area contributed by atoms with Gasteiger partial charge in [-0.1, -0.05) is 11.6 Å². The number of aromatic carboxylic acids is 1. The number of halogens is 1. The third kappa shape index (κ3) is 3.39. The number of rotatable bonds is 3. The highest BCUT2D eigenvalue weighted by Gasteiger charge is 2.20. The maximum Gasteiger partial charge on any atom is 0.335 e. The summed E-state index contributed by atoms with van der Waals surface area (Å²) in [6.07, 6.45) is 0. The Bertz CT molecular complexity index is 469. The highest BCUT2D eigenvalue weighted by molar-refractivity contribution is 6.31. The topological polar surface area (TPSA) is 43.8 Å². The van der Waals surface area contributed by atoms with Gasteiger partial charge in [0.2, 0.25) is 0 Å². The van der Waals surface area contributed by atoms with Gasteiger partial charge in [0.25, 0.3) is 0 Å². The molecule has 0 amide bonds. The van der Waals surface area contributed by atoms with Gasteiger partial charge in [0.15, 0.2) is 0 Å². The summed E-state index contributed by atoms with van der Waals surface area (Å²) in [6, 6.07) is 5.56. The molecule has 1 saturated heterocycles. The van der Waals surface area contributed by atoms with Crippen molar-refractivity contribution in [2.45, 2.75) is 19.9 Å². The first-order valence-electron chi connectivity index (χ1n) is 6.50. The van der Waals surface area contributed by atoms with Crippen LogP contribution in [0, 0.1) is 0 Å². The van der Waals surface area contributed by atoms with Gasteiger partial charge in [-0.3, -0.25) is 4.90 Å². The van der Waals surface area contributed by atoms with Crippen LogP contribution in [0.3, 0.4) is 0 Å². The van der Waals surface area contributed by atoms with Crippen LogP contribution in [0.2, 0.25) is 5.02 Å². The summed E-state index contributed by atoms with van der Waals surface area (Å²) < 4.78 is 0. The lowest BCUT2D eigenvalue weighted by molar-refractivity contribution is 0.0697. The van der Waals surface area contributed by atoms with Crippen molar-refractivity contribution in [2.75, 3.05) is 31.1 Å². The molecule has 19 heavy (non-hydrogen) atoms. The van der Waals surface area contributed by atoms with E-state index in [0.717, 1.165) is 31.9 Å². The van der Waals surface area contributed by atoms with Gasteiger partial charge in [0.1, 0.15) is 0 Å². The molecule has 0 radical (unpaired) electrons. The molecule has 1 heterocycles. The number of carboxylic acids is 1. The van der Waals surface area contributed by atoms with E-state index in [-0.39, 0.29) is 5.56 Å². The van der Waals surface area contributed by atoms with Crippen LogP contribution in [0.15, 0.2) is 18.2 Å². The molecule has 0 spiro atoms. The number of hydrogen-bond acceptors (Lipinski definition) is 3. The molecule has 1 N–H and O–H groups in total. The van der Waals surface area contributed by atoms with Crippen LogP contribution in [0.1, 0.15) is 24.2 Å². The van der Waals surface area contributed by atoms with Gasteiger partial charge in [-0.25, -0.2) is 4.79 Å². The van der Waals surface area contributed by atoms with Crippen molar-refractivity contribution in [1.29, 1.82) is 0 Å². The quantitative estimate of drug-likeness (QED) is 0.925. The van der Waals surface area contributed by atoms with Gasteiger partial charge in [-0.05, 0) is 32.0 Å². The molecule has 1 aliphatic heterocycles. The number of carbonyl (C=O) groups is 1. The molecule has 2 rings (SSSR count). The molecule has 0 atom stereocenters. The Morgan fingerprint density at radius 1 is 1.21 bits per heavy atom. The molecular weight excluding hydrogens is 264 g/mol. The van der Waals surface area contributed by atoms with Crippen LogP contribution in [-0.4, -0.2) is 48.2 Å². The standard InChI is InChI=1S/C14H19ClN2O2/c1-10(2)16-3-5-17(6-4-16)13-8-11(14(18)19)7-12(15)9-13/h7-10H,3-6H2,1-2H3,(H,18,19). The molecule has 104 valence electrons. The van der Waals surface area contributed by atoms with Crippen LogP contribution in [0.4, 0.5) is 5.69 Å². The molecule has 5 heteroatoms. The minimum atomic E-state index is -0.940. The van der Waals surface area contributed by atoms with Crippen LogP contribution in [-0.2, 0) is 0 Å². The molecule has 1 fully saturated rings. The van der Waals surface area contributed by atoms with Crippen molar-refractivity contribution in [1.82, 2.24) is 4.90 Å². The lowest BCUT2D eigenvalue weighted by Gasteiger charge is -2.38. The highest BCUT2D eigenvalue weighted by atomic mass is 35.5. The Morgan fingerprint density at radius 3 is 2.37 bits per heavy atom. The Balaban J connectivity index is 2.13. The number of anilines is 1. The number of piperazine rings is 1. The Hall–Kier alpha value is -1.26. The molecule has 0 unspecified atom stereocenters. The average molecular weight is 283 g/mol. The van der Waals surface area contributed by atoms with E-state index in [1.165, 1.54) is 6.07 Å². The number of carboxylic acid groups (broad SMARTS) is 1. The van der Waals surface area contributed by atoms with E-state index < -0.39 is 5.97 Å². The highest BCUT2D eigenvalue weighted by Crippen LogP contribution is 2.24. The molecule has 0 aromatic heterocycles. The van der Waals surface area contributed by atoms with Crippen molar-refractivity contribution < 1.29 is 9.90 Å². The summed E-state index contributed by atoms with van der Waals surface area (Å²) >= 11 is 5.99. The minimum absolute atomic E-state index is 0.244. The van der Waals surface area contributed by atoms with E-state index in [0.29, 0.717) is 11.1 Å². The van der Waals surface area contributed by atoms with E-state index >= 15 is 0 Å². The summed E-state index contributed by atoms with van der Waals surface area (Å²) in [4.78, 5) is 15.7. The van der Waals surface area contributed by atoms with Crippen molar-refractivity contribution >= 4 is 23.3 Å². The predicted octanol–water partition coefficient (Wildman–Crippen LogP) is 2.57. The van der Waals surface area contributed by atoms with Crippen molar-refractivity contribution in [3.63, 3.8) is 0 Å². The largest absolute Gasteiger partial charge is 0.478 e. The zero-order valence-corrected chi connectivity index (χ0v) is 12.0. The Labute approximate surface area is 118 Å². The molecular formula is C14H19ClN2O2. The second-order valence-electron chi connectivity index (χ2n) is 5.12. The Kier molecular flexibility index (Phi) is 4.32. The summed E-state index contributed by atoms with van der Waals surface area (Å²) in [5.41, 5.74) is 1.14. The van der Waals surface area contributed by atoms with Crippen molar-refractivity contribution in [3.8, 4) is 0 Å². The average Bonchev–Trinajstić information content (AvgIpc) is 2.38. The van der Waals surface area contributed by atoms with E-state index in [9.17, 15) is 4.79 Å². The van der Waals surface area contributed by atoms with Gasteiger partial charge in [0, 0.05) is 42.9 Å². The minimum Gasteiger partial charge on any atom is -0.478 e. The first kappa shape index (κ1) is 14.2. The summed E-state index contributed by atoms with van der Waals surface area (Å²) in [5.74, 6) is -0.940. The maximum atomic E-state index is 11.0.